The summed E-state index contributed by atoms with van der Waals surface area (Å²) in [6, 6.07) is -6.48. The molecule has 190 valence electrons. The number of carbonyl (C=O) groups excluding carboxylic acids is 7. The minimum Gasteiger partial charge on any atom is -0.480 e. The van der Waals surface area contributed by atoms with Crippen LogP contribution in [0.3, 0.4) is 0 Å². The molecule has 17 heteroatoms. The van der Waals surface area contributed by atoms with Crippen molar-refractivity contribution in [2.24, 2.45) is 28.7 Å². The van der Waals surface area contributed by atoms with E-state index in [-0.39, 0.29) is 12.8 Å². The summed E-state index contributed by atoms with van der Waals surface area (Å²) in [6.07, 6.45) is -2.90. The molecule has 0 radical (unpaired) electrons. The van der Waals surface area contributed by atoms with Gasteiger partial charge in [-0.05, 0) is 6.42 Å². The molecule has 0 aliphatic carbocycles. The lowest BCUT2D eigenvalue weighted by molar-refractivity contribution is -0.143. The molecule has 14 N–H and O–H groups in total. The third-order valence-corrected chi connectivity index (χ3v) is 4.13. The number of carbonyl (C=O) groups is 8. The van der Waals surface area contributed by atoms with Crippen LogP contribution in [0.2, 0.25) is 0 Å². The summed E-state index contributed by atoms with van der Waals surface area (Å²) >= 11 is 0. The van der Waals surface area contributed by atoms with E-state index in [0.29, 0.717) is 0 Å². The number of nitrogens with one attached hydrogen (secondary N) is 3. The van der Waals surface area contributed by atoms with E-state index in [2.05, 4.69) is 10.6 Å². The van der Waals surface area contributed by atoms with Crippen molar-refractivity contribution in [2.75, 3.05) is 0 Å². The molecule has 0 bridgehead atoms. The fraction of sp³-hybridized carbons (Fsp3) is 0.529. The van der Waals surface area contributed by atoms with Crippen LogP contribution < -0.4 is 44.6 Å². The van der Waals surface area contributed by atoms with Gasteiger partial charge in [0.1, 0.15) is 18.1 Å². The fourth-order valence-electron chi connectivity index (χ4n) is 2.50. The molecule has 0 saturated carbocycles. The third-order valence-electron chi connectivity index (χ3n) is 4.13. The van der Waals surface area contributed by atoms with Crippen molar-refractivity contribution in [3.05, 3.63) is 0 Å². The van der Waals surface area contributed by atoms with Crippen LogP contribution in [0.1, 0.15) is 32.1 Å². The molecule has 0 spiro atoms. The molecule has 7 amide bonds. The maximum Gasteiger partial charge on any atom is 0.326 e. The van der Waals surface area contributed by atoms with Gasteiger partial charge >= 0.3 is 5.97 Å². The van der Waals surface area contributed by atoms with Crippen LogP contribution in [-0.2, 0) is 38.4 Å². The maximum absolute atomic E-state index is 12.6. The number of aliphatic carboxylic acids is 1. The summed E-state index contributed by atoms with van der Waals surface area (Å²) in [5.41, 5.74) is 25.5. The molecule has 0 saturated heterocycles. The zero-order valence-electron chi connectivity index (χ0n) is 17.9. The summed E-state index contributed by atoms with van der Waals surface area (Å²) < 4.78 is 0. The zero-order chi connectivity index (χ0) is 26.6. The lowest BCUT2D eigenvalue weighted by atomic mass is 10.1. The first-order valence-corrected chi connectivity index (χ1v) is 9.66. The Balaban J connectivity index is 5.56. The smallest absolute Gasteiger partial charge is 0.326 e. The number of hydrogen-bond acceptors (Lipinski definition) is 9. The molecular formula is C17H28N8O9. The van der Waals surface area contributed by atoms with Crippen LogP contribution in [0, 0.1) is 0 Å². The number of hydrogen-bond donors (Lipinski definition) is 9. The Hall–Kier alpha value is -4.28. The summed E-state index contributed by atoms with van der Waals surface area (Å²) in [5.74, 6) is -8.78. The predicted molar refractivity (Wildman–Crippen MR) is 111 cm³/mol. The molecule has 17 nitrogen and oxygen atoms in total. The SMILES string of the molecule is NC(=O)CCC(NC(=O)C(CC(N)=O)NC(=O)C(CC(N)=O)NC(=O)C(N)CC(N)=O)C(=O)O. The van der Waals surface area contributed by atoms with Gasteiger partial charge in [0.25, 0.3) is 0 Å². The normalized spacial score (nSPS) is 13.9. The van der Waals surface area contributed by atoms with Crippen molar-refractivity contribution < 1.29 is 43.5 Å². The topological polar surface area (TPSA) is 323 Å². The zero-order valence-corrected chi connectivity index (χ0v) is 17.9. The molecule has 0 aromatic rings. The van der Waals surface area contributed by atoms with Gasteiger partial charge in [0.2, 0.25) is 41.4 Å². The highest BCUT2D eigenvalue weighted by Gasteiger charge is 2.32. The van der Waals surface area contributed by atoms with Crippen LogP contribution in [0.15, 0.2) is 0 Å². The Bertz CT molecular complexity index is 847. The van der Waals surface area contributed by atoms with E-state index in [1.165, 1.54) is 0 Å². The first-order valence-electron chi connectivity index (χ1n) is 9.66. The molecule has 0 aromatic heterocycles. The number of carboxylic acid groups (broad SMARTS) is 1. The van der Waals surface area contributed by atoms with Crippen molar-refractivity contribution in [3.8, 4) is 0 Å². The summed E-state index contributed by atoms with van der Waals surface area (Å²) in [5, 5.41) is 15.3. The van der Waals surface area contributed by atoms with Gasteiger partial charge in [-0.3, -0.25) is 33.6 Å². The quantitative estimate of drug-likeness (QED) is 0.0988. The van der Waals surface area contributed by atoms with Crippen LogP contribution in [0.4, 0.5) is 0 Å². The van der Waals surface area contributed by atoms with Crippen molar-refractivity contribution in [1.82, 2.24) is 16.0 Å². The van der Waals surface area contributed by atoms with E-state index < -0.39 is 90.7 Å². The van der Waals surface area contributed by atoms with Gasteiger partial charge in [-0.2, -0.15) is 0 Å². The van der Waals surface area contributed by atoms with E-state index in [4.69, 9.17) is 28.7 Å². The van der Waals surface area contributed by atoms with Gasteiger partial charge in [-0.1, -0.05) is 0 Å². The van der Waals surface area contributed by atoms with Crippen LogP contribution >= 0.6 is 0 Å². The average Bonchev–Trinajstić information content (AvgIpc) is 2.68. The second kappa shape index (κ2) is 14.0. The first-order chi connectivity index (χ1) is 15.6. The van der Waals surface area contributed by atoms with E-state index in [9.17, 15) is 43.5 Å². The van der Waals surface area contributed by atoms with Gasteiger partial charge < -0.3 is 49.7 Å². The minimum absolute atomic E-state index is 0.383. The van der Waals surface area contributed by atoms with E-state index >= 15 is 0 Å². The molecule has 0 heterocycles. The van der Waals surface area contributed by atoms with Gasteiger partial charge in [0.05, 0.1) is 25.3 Å². The number of carboxylic acids is 1. The summed E-state index contributed by atoms with van der Waals surface area (Å²) in [4.78, 5) is 93.0. The molecule has 0 fully saturated rings. The van der Waals surface area contributed by atoms with Gasteiger partial charge in [0.15, 0.2) is 0 Å². The predicted octanol–water partition coefficient (Wildman–Crippen LogP) is -6.26. The average molecular weight is 488 g/mol. The Labute approximate surface area is 192 Å². The number of nitrogens with two attached hydrogens (primary N) is 5. The fourth-order valence-corrected chi connectivity index (χ4v) is 2.50. The Kier molecular flexibility index (Phi) is 12.2. The second-order valence-electron chi connectivity index (χ2n) is 7.14. The lowest BCUT2D eigenvalue weighted by Crippen LogP contribution is -2.58. The Morgan fingerprint density at radius 1 is 0.588 bits per heavy atom. The molecule has 0 aromatic carbocycles. The summed E-state index contributed by atoms with van der Waals surface area (Å²) in [6.45, 7) is 0. The van der Waals surface area contributed by atoms with Gasteiger partial charge in [0, 0.05) is 6.42 Å². The van der Waals surface area contributed by atoms with Crippen LogP contribution in [0.25, 0.3) is 0 Å². The highest BCUT2D eigenvalue weighted by molar-refractivity contribution is 5.98. The molecule has 0 rings (SSSR count). The largest absolute Gasteiger partial charge is 0.480 e. The Morgan fingerprint density at radius 3 is 1.32 bits per heavy atom. The number of amides is 7. The number of rotatable bonds is 16. The lowest BCUT2D eigenvalue weighted by Gasteiger charge is -2.24. The number of primary amides is 4. The molecule has 0 aliphatic heterocycles. The summed E-state index contributed by atoms with van der Waals surface area (Å²) in [7, 11) is 0. The second-order valence-corrected chi connectivity index (χ2v) is 7.14. The minimum atomic E-state index is -1.73. The molecule has 4 unspecified atom stereocenters. The van der Waals surface area contributed by atoms with Crippen molar-refractivity contribution in [1.29, 1.82) is 0 Å². The maximum atomic E-state index is 12.6. The molecule has 0 aliphatic rings. The molecule has 4 atom stereocenters. The van der Waals surface area contributed by atoms with E-state index in [0.717, 1.165) is 0 Å². The van der Waals surface area contributed by atoms with Crippen molar-refractivity contribution in [3.63, 3.8) is 0 Å². The standard InChI is InChI=1S/C17H28N8O9/c18-6(3-11(20)27)14(30)24-8(4-12(21)28)16(32)25-9(5-13(22)29)15(31)23-7(17(33)34)1-2-10(19)26/h6-9H,1-5,18H2,(H2,19,26)(H2,20,27)(H2,21,28)(H2,22,29)(H,23,31)(H,24,30)(H,25,32)(H,33,34). The third kappa shape index (κ3) is 11.9. The monoisotopic (exact) mass is 488 g/mol. The highest BCUT2D eigenvalue weighted by Crippen LogP contribution is 2.03. The van der Waals surface area contributed by atoms with Gasteiger partial charge in [-0.15, -0.1) is 0 Å². The Morgan fingerprint density at radius 2 is 0.971 bits per heavy atom. The van der Waals surface area contributed by atoms with E-state index in [1.807, 2.05) is 5.32 Å². The van der Waals surface area contributed by atoms with Crippen molar-refractivity contribution in [2.45, 2.75) is 56.3 Å². The van der Waals surface area contributed by atoms with Crippen LogP contribution in [0.5, 0.6) is 0 Å². The van der Waals surface area contributed by atoms with Crippen molar-refractivity contribution >= 4 is 47.3 Å². The van der Waals surface area contributed by atoms with Crippen LogP contribution in [-0.4, -0.2) is 76.6 Å². The highest BCUT2D eigenvalue weighted by atomic mass is 16.4. The van der Waals surface area contributed by atoms with E-state index in [1.54, 1.807) is 0 Å². The van der Waals surface area contributed by atoms with Gasteiger partial charge in [-0.25, -0.2) is 4.79 Å². The first kappa shape index (κ1) is 29.7. The molecule has 34 heavy (non-hydrogen) atoms. The molecular weight excluding hydrogens is 460 g/mol.